The first-order chi connectivity index (χ1) is 9.98. The Morgan fingerprint density at radius 2 is 1.81 bits per heavy atom. The lowest BCUT2D eigenvalue weighted by Gasteiger charge is -2.33. The molecule has 0 radical (unpaired) electrons. The lowest BCUT2D eigenvalue weighted by Crippen LogP contribution is -2.38. The Labute approximate surface area is 127 Å². The molecule has 21 heavy (non-hydrogen) atoms. The Hall–Kier alpha value is -1.53. The topological polar surface area (TPSA) is 37.4 Å². The first kappa shape index (κ1) is 14.4. The molecular formula is C15H14FNO2S2. The molecule has 3 rings (SSSR count). The third kappa shape index (κ3) is 2.65. The SMILES string of the molecule is CC1CN(S(=O)(=O)c2ccc(F)cc2)c2ccccc2S1. The van der Waals surface area contributed by atoms with E-state index in [9.17, 15) is 12.8 Å². The number of benzene rings is 2. The zero-order valence-corrected chi connectivity index (χ0v) is 13.0. The Kier molecular flexibility index (Phi) is 3.67. The summed E-state index contributed by atoms with van der Waals surface area (Å²) in [5.41, 5.74) is 0.685. The third-order valence-electron chi connectivity index (χ3n) is 3.29. The molecule has 110 valence electrons. The lowest BCUT2D eigenvalue weighted by atomic mass is 10.3. The fourth-order valence-electron chi connectivity index (χ4n) is 2.31. The van der Waals surface area contributed by atoms with Crippen molar-refractivity contribution in [1.29, 1.82) is 0 Å². The van der Waals surface area contributed by atoms with Crippen LogP contribution in [0.2, 0.25) is 0 Å². The van der Waals surface area contributed by atoms with Gasteiger partial charge in [0, 0.05) is 16.7 Å². The van der Waals surface area contributed by atoms with E-state index in [-0.39, 0.29) is 10.1 Å². The van der Waals surface area contributed by atoms with Crippen LogP contribution >= 0.6 is 11.8 Å². The van der Waals surface area contributed by atoms with Crippen molar-refractivity contribution in [2.75, 3.05) is 10.8 Å². The number of thioether (sulfide) groups is 1. The highest BCUT2D eigenvalue weighted by Gasteiger charge is 2.31. The first-order valence-corrected chi connectivity index (χ1v) is 8.84. The summed E-state index contributed by atoms with van der Waals surface area (Å²) in [7, 11) is -3.67. The maximum absolute atomic E-state index is 13.0. The number of rotatable bonds is 2. The number of halogens is 1. The zero-order valence-electron chi connectivity index (χ0n) is 11.4. The highest BCUT2D eigenvalue weighted by Crippen LogP contribution is 2.40. The highest BCUT2D eigenvalue weighted by atomic mass is 32.2. The second kappa shape index (κ2) is 5.35. The molecule has 0 fully saturated rings. The summed E-state index contributed by atoms with van der Waals surface area (Å²) in [6.45, 7) is 2.40. The molecule has 0 spiro atoms. The fraction of sp³-hybridized carbons (Fsp3) is 0.200. The van der Waals surface area contributed by atoms with Gasteiger partial charge in [0.2, 0.25) is 0 Å². The fourth-order valence-corrected chi connectivity index (χ4v) is 5.15. The molecule has 1 heterocycles. The molecule has 0 saturated carbocycles. The summed E-state index contributed by atoms with van der Waals surface area (Å²) < 4.78 is 40.0. The molecule has 2 aromatic carbocycles. The van der Waals surface area contributed by atoms with Crippen LogP contribution in [0.3, 0.4) is 0 Å². The molecule has 0 aromatic heterocycles. The van der Waals surface area contributed by atoms with Crippen molar-refractivity contribution in [2.24, 2.45) is 0 Å². The van der Waals surface area contributed by atoms with Crippen LogP contribution < -0.4 is 4.31 Å². The molecule has 0 saturated heterocycles. The van der Waals surface area contributed by atoms with Crippen molar-refractivity contribution in [2.45, 2.75) is 22.0 Å². The number of para-hydroxylation sites is 1. The Morgan fingerprint density at radius 1 is 1.14 bits per heavy atom. The molecule has 0 amide bonds. The van der Waals surface area contributed by atoms with Gasteiger partial charge in [0.25, 0.3) is 10.0 Å². The van der Waals surface area contributed by atoms with Gasteiger partial charge in [0.15, 0.2) is 0 Å². The van der Waals surface area contributed by atoms with E-state index in [2.05, 4.69) is 0 Å². The van der Waals surface area contributed by atoms with Gasteiger partial charge in [-0.25, -0.2) is 12.8 Å². The van der Waals surface area contributed by atoms with Gasteiger partial charge in [-0.2, -0.15) is 0 Å². The number of fused-ring (bicyclic) bond motifs is 1. The van der Waals surface area contributed by atoms with Crippen molar-refractivity contribution in [3.8, 4) is 0 Å². The number of anilines is 1. The van der Waals surface area contributed by atoms with Crippen molar-refractivity contribution >= 4 is 27.5 Å². The molecule has 3 nitrogen and oxygen atoms in total. The minimum atomic E-state index is -3.67. The molecule has 0 bridgehead atoms. The minimum absolute atomic E-state index is 0.109. The van der Waals surface area contributed by atoms with Crippen molar-refractivity contribution in [1.82, 2.24) is 0 Å². The summed E-state index contributed by atoms with van der Waals surface area (Å²) in [4.78, 5) is 1.06. The quantitative estimate of drug-likeness (QED) is 0.848. The molecule has 6 heteroatoms. The van der Waals surface area contributed by atoms with E-state index in [0.717, 1.165) is 4.90 Å². The van der Waals surface area contributed by atoms with Gasteiger partial charge in [0.05, 0.1) is 10.6 Å². The van der Waals surface area contributed by atoms with E-state index >= 15 is 0 Å². The van der Waals surface area contributed by atoms with Crippen LogP contribution in [-0.4, -0.2) is 20.2 Å². The smallest absolute Gasteiger partial charge is 0.264 e. The maximum Gasteiger partial charge on any atom is 0.264 e. The van der Waals surface area contributed by atoms with Gasteiger partial charge in [-0.3, -0.25) is 4.31 Å². The van der Waals surface area contributed by atoms with E-state index in [4.69, 9.17) is 0 Å². The van der Waals surface area contributed by atoms with Crippen LogP contribution in [0, 0.1) is 5.82 Å². The zero-order chi connectivity index (χ0) is 15.0. The molecular weight excluding hydrogens is 309 g/mol. The second-order valence-corrected chi connectivity index (χ2v) is 8.23. The average molecular weight is 323 g/mol. The number of hydrogen-bond acceptors (Lipinski definition) is 3. The summed E-state index contributed by atoms with van der Waals surface area (Å²) in [5.74, 6) is -0.447. The Bertz CT molecular complexity index is 759. The van der Waals surface area contributed by atoms with Gasteiger partial charge >= 0.3 is 0 Å². The van der Waals surface area contributed by atoms with Crippen molar-refractivity contribution in [3.63, 3.8) is 0 Å². The normalized spacial score (nSPS) is 18.4. The van der Waals surface area contributed by atoms with Gasteiger partial charge in [-0.05, 0) is 36.4 Å². The van der Waals surface area contributed by atoms with Crippen molar-refractivity contribution < 1.29 is 12.8 Å². The highest BCUT2D eigenvalue weighted by molar-refractivity contribution is 8.00. The van der Waals surface area contributed by atoms with Gasteiger partial charge in [-0.1, -0.05) is 19.1 Å². The van der Waals surface area contributed by atoms with Crippen LogP contribution in [0.15, 0.2) is 58.3 Å². The molecule has 1 unspecified atom stereocenters. The Morgan fingerprint density at radius 3 is 2.52 bits per heavy atom. The molecule has 0 aliphatic carbocycles. The van der Waals surface area contributed by atoms with E-state index in [0.29, 0.717) is 12.2 Å². The predicted molar refractivity (Wildman–Crippen MR) is 82.7 cm³/mol. The van der Waals surface area contributed by atoms with Gasteiger partial charge < -0.3 is 0 Å². The van der Waals surface area contributed by atoms with Crippen LogP contribution in [0.25, 0.3) is 0 Å². The summed E-state index contributed by atoms with van der Waals surface area (Å²) in [5, 5.41) is 0.162. The van der Waals surface area contributed by atoms with Crippen LogP contribution in [-0.2, 0) is 10.0 Å². The van der Waals surface area contributed by atoms with Crippen LogP contribution in [0.5, 0.6) is 0 Å². The average Bonchev–Trinajstić information content (AvgIpc) is 2.46. The van der Waals surface area contributed by atoms with Crippen LogP contribution in [0.4, 0.5) is 10.1 Å². The number of sulfonamides is 1. The summed E-state index contributed by atoms with van der Waals surface area (Å²) in [6, 6.07) is 12.4. The largest absolute Gasteiger partial charge is 0.264 e. The number of hydrogen-bond donors (Lipinski definition) is 0. The maximum atomic E-state index is 13.0. The molecule has 0 N–H and O–H groups in total. The summed E-state index contributed by atoms with van der Waals surface area (Å²) in [6.07, 6.45) is 0. The van der Waals surface area contributed by atoms with E-state index < -0.39 is 15.8 Å². The monoisotopic (exact) mass is 323 g/mol. The van der Waals surface area contributed by atoms with Gasteiger partial charge in [-0.15, -0.1) is 11.8 Å². The lowest BCUT2D eigenvalue weighted by molar-refractivity contribution is 0.588. The molecule has 1 atom stereocenters. The summed E-state index contributed by atoms with van der Waals surface area (Å²) >= 11 is 1.66. The Balaban J connectivity index is 2.09. The van der Waals surface area contributed by atoms with E-state index in [1.54, 1.807) is 17.8 Å². The van der Waals surface area contributed by atoms with E-state index in [1.165, 1.54) is 28.6 Å². The van der Waals surface area contributed by atoms with Crippen LogP contribution in [0.1, 0.15) is 6.92 Å². The first-order valence-electron chi connectivity index (χ1n) is 6.52. The minimum Gasteiger partial charge on any atom is -0.264 e. The molecule has 2 aromatic rings. The predicted octanol–water partition coefficient (Wildman–Crippen LogP) is 3.52. The standard InChI is InChI=1S/C15H14FNO2S2/c1-11-10-17(14-4-2-3-5-15(14)20-11)21(18,19)13-8-6-12(16)7-9-13/h2-9,11H,10H2,1H3. The van der Waals surface area contributed by atoms with Crippen molar-refractivity contribution in [3.05, 3.63) is 54.3 Å². The molecule has 1 aliphatic rings. The second-order valence-electron chi connectivity index (χ2n) is 4.89. The molecule has 1 aliphatic heterocycles. The van der Waals surface area contributed by atoms with E-state index in [1.807, 2.05) is 25.1 Å². The third-order valence-corrected chi connectivity index (χ3v) is 6.23. The van der Waals surface area contributed by atoms with Gasteiger partial charge in [0.1, 0.15) is 5.82 Å². The number of nitrogens with zero attached hydrogens (tertiary/aromatic N) is 1.